The molecule has 1 aromatic rings. The molecule has 0 bridgehead atoms. The van der Waals surface area contributed by atoms with E-state index in [1.807, 2.05) is 0 Å². The van der Waals surface area contributed by atoms with Crippen LogP contribution in [-0.2, 0) is 10.2 Å². The van der Waals surface area contributed by atoms with Gasteiger partial charge in [0.1, 0.15) is 5.41 Å². The van der Waals surface area contributed by atoms with E-state index in [0.717, 1.165) is 31.5 Å². The predicted octanol–water partition coefficient (Wildman–Crippen LogP) is 0.464. The molecule has 0 radical (unpaired) electrons. The van der Waals surface area contributed by atoms with Gasteiger partial charge in [-0.1, -0.05) is 5.16 Å². The van der Waals surface area contributed by atoms with E-state index in [4.69, 9.17) is 10.3 Å². The Labute approximate surface area is 80.7 Å². The number of rotatable bonds is 3. The molecule has 3 rings (SSSR count). The van der Waals surface area contributed by atoms with E-state index in [9.17, 15) is 4.79 Å². The van der Waals surface area contributed by atoms with Crippen LogP contribution in [0.2, 0.25) is 0 Å². The van der Waals surface area contributed by atoms with Gasteiger partial charge in [-0.15, -0.1) is 0 Å². The van der Waals surface area contributed by atoms with E-state index < -0.39 is 5.41 Å². The first-order chi connectivity index (χ1) is 6.72. The van der Waals surface area contributed by atoms with Crippen molar-refractivity contribution in [3.63, 3.8) is 0 Å². The molecule has 5 nitrogen and oxygen atoms in total. The lowest BCUT2D eigenvalue weighted by Gasteiger charge is -2.02. The zero-order chi connectivity index (χ0) is 9.76. The SMILES string of the molecule is NC(=O)C1(c2nc(C3CC3)no2)CC1. The topological polar surface area (TPSA) is 82.0 Å². The Hall–Kier alpha value is -1.39. The Morgan fingerprint density at radius 3 is 2.71 bits per heavy atom. The summed E-state index contributed by atoms with van der Waals surface area (Å²) in [6.07, 6.45) is 3.74. The van der Waals surface area contributed by atoms with Crippen molar-refractivity contribution in [3.05, 3.63) is 11.7 Å². The van der Waals surface area contributed by atoms with Crippen molar-refractivity contribution in [3.8, 4) is 0 Å². The maximum absolute atomic E-state index is 11.2. The molecule has 2 aliphatic rings. The van der Waals surface area contributed by atoms with Gasteiger partial charge in [0.05, 0.1) is 0 Å². The third-order valence-electron chi connectivity index (χ3n) is 3.02. The Kier molecular flexibility index (Phi) is 1.33. The highest BCUT2D eigenvalue weighted by molar-refractivity contribution is 5.88. The molecular weight excluding hydrogens is 182 g/mol. The van der Waals surface area contributed by atoms with Crippen LogP contribution in [0.5, 0.6) is 0 Å². The summed E-state index contributed by atoms with van der Waals surface area (Å²) in [5.41, 5.74) is 4.67. The second-order valence-electron chi connectivity index (χ2n) is 4.18. The van der Waals surface area contributed by atoms with Gasteiger partial charge < -0.3 is 10.3 Å². The molecule has 0 aromatic carbocycles. The van der Waals surface area contributed by atoms with Crippen molar-refractivity contribution in [1.82, 2.24) is 10.1 Å². The number of nitrogens with two attached hydrogens (primary N) is 1. The third-order valence-corrected chi connectivity index (χ3v) is 3.02. The van der Waals surface area contributed by atoms with Gasteiger partial charge in [0.15, 0.2) is 5.82 Å². The summed E-state index contributed by atoms with van der Waals surface area (Å²) in [5, 5.41) is 3.87. The van der Waals surface area contributed by atoms with Gasteiger partial charge in [-0.25, -0.2) is 0 Å². The average molecular weight is 193 g/mol. The highest BCUT2D eigenvalue weighted by Gasteiger charge is 2.55. The van der Waals surface area contributed by atoms with Gasteiger partial charge in [-0.3, -0.25) is 4.79 Å². The van der Waals surface area contributed by atoms with Crippen molar-refractivity contribution >= 4 is 5.91 Å². The van der Waals surface area contributed by atoms with Crippen molar-refractivity contribution in [2.45, 2.75) is 37.0 Å². The fourth-order valence-corrected chi connectivity index (χ4v) is 1.63. The van der Waals surface area contributed by atoms with Crippen LogP contribution in [-0.4, -0.2) is 16.0 Å². The second-order valence-corrected chi connectivity index (χ2v) is 4.18. The van der Waals surface area contributed by atoms with Crippen LogP contribution in [0.4, 0.5) is 0 Å². The number of carbonyl (C=O) groups excluding carboxylic acids is 1. The minimum atomic E-state index is -0.625. The molecule has 0 saturated heterocycles. The molecule has 0 spiro atoms. The van der Waals surface area contributed by atoms with Gasteiger partial charge in [0, 0.05) is 5.92 Å². The number of amides is 1. The molecule has 0 unspecified atom stereocenters. The molecule has 1 aromatic heterocycles. The maximum Gasteiger partial charge on any atom is 0.242 e. The molecule has 2 saturated carbocycles. The minimum absolute atomic E-state index is 0.344. The van der Waals surface area contributed by atoms with Crippen molar-refractivity contribution in [2.75, 3.05) is 0 Å². The molecule has 2 aliphatic carbocycles. The first kappa shape index (κ1) is 7.96. The van der Waals surface area contributed by atoms with Gasteiger partial charge in [-0.05, 0) is 25.7 Å². The van der Waals surface area contributed by atoms with Gasteiger partial charge in [0.2, 0.25) is 11.8 Å². The van der Waals surface area contributed by atoms with Crippen molar-refractivity contribution in [1.29, 1.82) is 0 Å². The standard InChI is InChI=1S/C9H11N3O2/c10-7(13)9(3-4-9)8-11-6(12-14-8)5-1-2-5/h5H,1-4H2,(H2,10,13). The molecule has 74 valence electrons. The Morgan fingerprint density at radius 1 is 1.50 bits per heavy atom. The summed E-state index contributed by atoms with van der Waals surface area (Å²) >= 11 is 0. The second kappa shape index (κ2) is 2.34. The Morgan fingerprint density at radius 2 is 2.21 bits per heavy atom. The lowest BCUT2D eigenvalue weighted by Crippen LogP contribution is -2.28. The van der Waals surface area contributed by atoms with Gasteiger partial charge in [0.25, 0.3) is 0 Å². The van der Waals surface area contributed by atoms with Crippen LogP contribution < -0.4 is 5.73 Å². The minimum Gasteiger partial charge on any atom is -0.369 e. The van der Waals surface area contributed by atoms with Gasteiger partial charge in [-0.2, -0.15) is 4.98 Å². The Balaban J connectivity index is 1.92. The van der Waals surface area contributed by atoms with Gasteiger partial charge >= 0.3 is 0 Å². The highest BCUT2D eigenvalue weighted by Crippen LogP contribution is 2.48. The number of primary amides is 1. The third kappa shape index (κ3) is 0.981. The predicted molar refractivity (Wildman–Crippen MR) is 46.4 cm³/mol. The largest absolute Gasteiger partial charge is 0.369 e. The fourth-order valence-electron chi connectivity index (χ4n) is 1.63. The molecule has 14 heavy (non-hydrogen) atoms. The van der Waals surface area contributed by atoms with Crippen LogP contribution in [0.25, 0.3) is 0 Å². The first-order valence-corrected chi connectivity index (χ1v) is 4.86. The summed E-state index contributed by atoms with van der Waals surface area (Å²) in [5.74, 6) is 1.28. The summed E-state index contributed by atoms with van der Waals surface area (Å²) in [4.78, 5) is 15.4. The smallest absolute Gasteiger partial charge is 0.242 e. The van der Waals surface area contributed by atoms with E-state index in [0.29, 0.717) is 11.8 Å². The van der Waals surface area contributed by atoms with E-state index in [1.54, 1.807) is 0 Å². The number of hydrogen-bond donors (Lipinski definition) is 1. The van der Waals surface area contributed by atoms with E-state index in [1.165, 1.54) is 0 Å². The zero-order valence-electron chi connectivity index (χ0n) is 7.69. The highest BCUT2D eigenvalue weighted by atomic mass is 16.5. The lowest BCUT2D eigenvalue weighted by atomic mass is 10.1. The van der Waals surface area contributed by atoms with E-state index in [-0.39, 0.29) is 5.91 Å². The molecule has 0 aliphatic heterocycles. The molecule has 2 N–H and O–H groups in total. The molecule has 1 heterocycles. The quantitative estimate of drug-likeness (QED) is 0.756. The zero-order valence-corrected chi connectivity index (χ0v) is 7.69. The van der Waals surface area contributed by atoms with Crippen LogP contribution >= 0.6 is 0 Å². The fraction of sp³-hybridized carbons (Fsp3) is 0.667. The number of aromatic nitrogens is 2. The number of nitrogens with zero attached hydrogens (tertiary/aromatic N) is 2. The van der Waals surface area contributed by atoms with Crippen LogP contribution in [0.1, 0.15) is 43.3 Å². The summed E-state index contributed by atoms with van der Waals surface area (Å²) in [6.45, 7) is 0. The lowest BCUT2D eigenvalue weighted by molar-refractivity contribution is -0.121. The van der Waals surface area contributed by atoms with Crippen LogP contribution in [0, 0.1) is 0 Å². The molecule has 0 atom stereocenters. The van der Waals surface area contributed by atoms with E-state index >= 15 is 0 Å². The first-order valence-electron chi connectivity index (χ1n) is 4.86. The van der Waals surface area contributed by atoms with E-state index in [2.05, 4.69) is 10.1 Å². The monoisotopic (exact) mass is 193 g/mol. The normalized spacial score (nSPS) is 23.4. The number of carbonyl (C=O) groups is 1. The molecular formula is C9H11N3O2. The average Bonchev–Trinajstić information content (AvgIpc) is 3.06. The number of hydrogen-bond acceptors (Lipinski definition) is 4. The molecule has 5 heteroatoms. The molecule has 2 fully saturated rings. The van der Waals surface area contributed by atoms with Crippen LogP contribution in [0.3, 0.4) is 0 Å². The van der Waals surface area contributed by atoms with Crippen molar-refractivity contribution < 1.29 is 9.32 Å². The Bertz CT molecular complexity index is 391. The summed E-state index contributed by atoms with van der Waals surface area (Å²) in [6, 6.07) is 0. The summed E-state index contributed by atoms with van der Waals surface area (Å²) < 4.78 is 5.09. The molecule has 1 amide bonds. The maximum atomic E-state index is 11.2. The van der Waals surface area contributed by atoms with Crippen LogP contribution in [0.15, 0.2) is 4.52 Å². The summed E-state index contributed by atoms with van der Waals surface area (Å²) in [7, 11) is 0. The van der Waals surface area contributed by atoms with Crippen molar-refractivity contribution in [2.24, 2.45) is 5.73 Å².